The Balaban J connectivity index is 1.50. The molecule has 4 rings (SSSR count). The van der Waals surface area contributed by atoms with Gasteiger partial charge in [0.05, 0.1) is 18.2 Å². The van der Waals surface area contributed by atoms with Gasteiger partial charge < -0.3 is 9.84 Å². The van der Waals surface area contributed by atoms with E-state index in [0.29, 0.717) is 18.4 Å². The van der Waals surface area contributed by atoms with Crippen LogP contribution in [0.15, 0.2) is 58.1 Å². The van der Waals surface area contributed by atoms with E-state index in [1.807, 2.05) is 12.1 Å². The number of rotatable bonds is 7. The molecule has 34 heavy (non-hydrogen) atoms. The van der Waals surface area contributed by atoms with Crippen LogP contribution in [-0.4, -0.2) is 41.9 Å². The Hall–Kier alpha value is -3.37. The Morgan fingerprint density at radius 3 is 2.79 bits per heavy atom. The fourth-order valence-electron chi connectivity index (χ4n) is 3.90. The molecule has 1 aliphatic rings. The van der Waals surface area contributed by atoms with E-state index < -0.39 is 21.8 Å². The van der Waals surface area contributed by atoms with E-state index in [4.69, 9.17) is 4.52 Å². The van der Waals surface area contributed by atoms with Crippen LogP contribution in [-0.2, 0) is 21.4 Å². The molecule has 10 heteroatoms. The standard InChI is InChI=1S/C24H25FN4O4S/c1-17-23(22(33-28-17)12-11-18-7-2-3-10-21(18)25)34(31,32)29-14-6-8-19(16-29)24(30)27-15-20-9-4-5-13-26-20/h2-5,7,9-13,19H,6,8,14-16H2,1H3,(H,27,30). The Morgan fingerprint density at radius 1 is 1.24 bits per heavy atom. The first-order valence-corrected chi connectivity index (χ1v) is 12.4. The molecule has 0 spiro atoms. The number of halogens is 1. The van der Waals surface area contributed by atoms with Gasteiger partial charge in [-0.15, -0.1) is 0 Å². The molecule has 0 aliphatic carbocycles. The lowest BCUT2D eigenvalue weighted by Crippen LogP contribution is -2.45. The van der Waals surface area contributed by atoms with Crippen molar-refractivity contribution in [3.63, 3.8) is 0 Å². The van der Waals surface area contributed by atoms with Crippen molar-refractivity contribution in [1.82, 2.24) is 19.8 Å². The second-order valence-electron chi connectivity index (χ2n) is 8.06. The Bertz CT molecular complexity index is 1290. The van der Waals surface area contributed by atoms with Crippen molar-refractivity contribution in [1.29, 1.82) is 0 Å². The number of hydrogen-bond donors (Lipinski definition) is 1. The van der Waals surface area contributed by atoms with Crippen molar-refractivity contribution >= 4 is 28.1 Å². The summed E-state index contributed by atoms with van der Waals surface area (Å²) in [6.07, 6.45) is 5.62. The van der Waals surface area contributed by atoms with Crippen LogP contribution >= 0.6 is 0 Å². The summed E-state index contributed by atoms with van der Waals surface area (Å²) >= 11 is 0. The molecule has 178 valence electrons. The molecule has 0 radical (unpaired) electrons. The van der Waals surface area contributed by atoms with Gasteiger partial charge in [-0.25, -0.2) is 12.8 Å². The highest BCUT2D eigenvalue weighted by Crippen LogP contribution is 2.29. The second kappa shape index (κ2) is 10.3. The van der Waals surface area contributed by atoms with Gasteiger partial charge in [0.2, 0.25) is 15.9 Å². The lowest BCUT2D eigenvalue weighted by molar-refractivity contribution is -0.126. The summed E-state index contributed by atoms with van der Waals surface area (Å²) in [5.41, 5.74) is 1.22. The molecule has 0 bridgehead atoms. The summed E-state index contributed by atoms with van der Waals surface area (Å²) in [7, 11) is -3.99. The van der Waals surface area contributed by atoms with Crippen LogP contribution in [0.2, 0.25) is 0 Å². The summed E-state index contributed by atoms with van der Waals surface area (Å²) in [6.45, 7) is 2.15. The van der Waals surface area contributed by atoms with Crippen LogP contribution in [0.5, 0.6) is 0 Å². The van der Waals surface area contributed by atoms with Crippen molar-refractivity contribution in [2.75, 3.05) is 13.1 Å². The van der Waals surface area contributed by atoms with Crippen LogP contribution in [0.3, 0.4) is 0 Å². The minimum atomic E-state index is -3.99. The van der Waals surface area contributed by atoms with E-state index in [2.05, 4.69) is 15.5 Å². The highest BCUT2D eigenvalue weighted by Gasteiger charge is 2.36. The number of hydrogen-bond acceptors (Lipinski definition) is 6. The lowest BCUT2D eigenvalue weighted by Gasteiger charge is -2.31. The molecular weight excluding hydrogens is 459 g/mol. The first-order chi connectivity index (χ1) is 16.4. The molecule has 3 heterocycles. The van der Waals surface area contributed by atoms with E-state index in [1.165, 1.54) is 29.4 Å². The molecule has 1 unspecified atom stereocenters. The summed E-state index contributed by atoms with van der Waals surface area (Å²) in [5, 5.41) is 6.66. The third kappa shape index (κ3) is 5.23. The molecule has 1 amide bonds. The normalized spacial score (nSPS) is 17.2. The monoisotopic (exact) mass is 484 g/mol. The van der Waals surface area contributed by atoms with Crippen LogP contribution in [0, 0.1) is 18.7 Å². The smallest absolute Gasteiger partial charge is 0.248 e. The van der Waals surface area contributed by atoms with Gasteiger partial charge in [-0.1, -0.05) is 29.4 Å². The average molecular weight is 485 g/mol. The van der Waals surface area contributed by atoms with Crippen molar-refractivity contribution in [3.8, 4) is 0 Å². The van der Waals surface area contributed by atoms with E-state index in [-0.39, 0.29) is 41.9 Å². The maximum Gasteiger partial charge on any atom is 0.248 e. The van der Waals surface area contributed by atoms with Gasteiger partial charge >= 0.3 is 0 Å². The lowest BCUT2D eigenvalue weighted by atomic mass is 9.99. The minimum absolute atomic E-state index is 0.0162. The van der Waals surface area contributed by atoms with Gasteiger partial charge in [0, 0.05) is 24.8 Å². The topological polar surface area (TPSA) is 105 Å². The van der Waals surface area contributed by atoms with Gasteiger partial charge in [0.15, 0.2) is 10.7 Å². The highest BCUT2D eigenvalue weighted by molar-refractivity contribution is 7.89. The third-order valence-corrected chi connectivity index (χ3v) is 7.70. The molecular formula is C24H25FN4O4S. The molecule has 8 nitrogen and oxygen atoms in total. The second-order valence-corrected chi connectivity index (χ2v) is 9.93. The number of aryl methyl sites for hydroxylation is 1. The van der Waals surface area contributed by atoms with Crippen molar-refractivity contribution < 1.29 is 22.1 Å². The number of nitrogens with zero attached hydrogens (tertiary/aromatic N) is 3. The molecule has 1 fully saturated rings. The van der Waals surface area contributed by atoms with Crippen molar-refractivity contribution in [3.05, 3.63) is 77.2 Å². The first-order valence-electron chi connectivity index (χ1n) is 10.9. The predicted molar refractivity (Wildman–Crippen MR) is 124 cm³/mol. The number of piperidine rings is 1. The molecule has 1 N–H and O–H groups in total. The number of benzene rings is 1. The number of carbonyl (C=O) groups excluding carboxylic acids is 1. The largest absolute Gasteiger partial charge is 0.355 e. The number of aromatic nitrogens is 2. The molecule has 2 aromatic heterocycles. The zero-order valence-electron chi connectivity index (χ0n) is 18.6. The van der Waals surface area contributed by atoms with Crippen LogP contribution in [0.1, 0.15) is 35.6 Å². The summed E-state index contributed by atoms with van der Waals surface area (Å²) in [6, 6.07) is 11.6. The van der Waals surface area contributed by atoms with Crippen molar-refractivity contribution in [2.45, 2.75) is 31.2 Å². The quantitative estimate of drug-likeness (QED) is 0.551. The minimum Gasteiger partial charge on any atom is -0.355 e. The van der Waals surface area contributed by atoms with Crippen molar-refractivity contribution in [2.24, 2.45) is 5.92 Å². The Morgan fingerprint density at radius 2 is 2.03 bits per heavy atom. The maximum atomic E-state index is 13.9. The Kier molecular flexibility index (Phi) is 7.18. The van der Waals surface area contributed by atoms with Crippen LogP contribution < -0.4 is 5.32 Å². The predicted octanol–water partition coefficient (Wildman–Crippen LogP) is 3.40. The summed E-state index contributed by atoms with van der Waals surface area (Å²) in [4.78, 5) is 16.8. The third-order valence-electron chi connectivity index (χ3n) is 5.68. The molecule has 1 aliphatic heterocycles. The number of sulfonamides is 1. The fraction of sp³-hybridized carbons (Fsp3) is 0.292. The van der Waals surface area contributed by atoms with E-state index in [9.17, 15) is 17.6 Å². The van der Waals surface area contributed by atoms with E-state index >= 15 is 0 Å². The van der Waals surface area contributed by atoms with Gasteiger partial charge in [-0.2, -0.15) is 4.31 Å². The molecule has 1 atom stereocenters. The molecule has 1 aromatic carbocycles. The van der Waals surface area contributed by atoms with Gasteiger partial charge in [0.1, 0.15) is 11.5 Å². The zero-order valence-corrected chi connectivity index (χ0v) is 19.5. The number of pyridine rings is 1. The zero-order chi connectivity index (χ0) is 24.1. The first kappa shape index (κ1) is 23.8. The van der Waals surface area contributed by atoms with E-state index in [0.717, 1.165) is 5.69 Å². The van der Waals surface area contributed by atoms with Gasteiger partial charge in [-0.05, 0) is 50.1 Å². The Labute approximate surface area is 197 Å². The summed E-state index contributed by atoms with van der Waals surface area (Å²) in [5.74, 6) is -1.12. The number of nitrogens with one attached hydrogen (secondary N) is 1. The maximum absolute atomic E-state index is 13.9. The van der Waals surface area contributed by atoms with Gasteiger partial charge in [-0.3, -0.25) is 9.78 Å². The highest BCUT2D eigenvalue weighted by atomic mass is 32.2. The molecule has 3 aromatic rings. The van der Waals surface area contributed by atoms with Crippen LogP contribution in [0.4, 0.5) is 4.39 Å². The fourth-order valence-corrected chi connectivity index (χ4v) is 5.68. The molecule has 0 saturated carbocycles. The SMILES string of the molecule is Cc1noc(C=Cc2ccccc2F)c1S(=O)(=O)N1CCCC(C(=O)NCc2ccccn2)C1. The summed E-state index contributed by atoms with van der Waals surface area (Å²) < 4.78 is 47.5. The number of carbonyl (C=O) groups is 1. The molecule has 1 saturated heterocycles. The number of amides is 1. The van der Waals surface area contributed by atoms with E-state index in [1.54, 1.807) is 30.5 Å². The van der Waals surface area contributed by atoms with Crippen LogP contribution in [0.25, 0.3) is 12.2 Å². The van der Waals surface area contributed by atoms with Gasteiger partial charge in [0.25, 0.3) is 0 Å². The average Bonchev–Trinajstić information content (AvgIpc) is 3.23.